The lowest BCUT2D eigenvalue weighted by Gasteiger charge is -2.12. The van der Waals surface area contributed by atoms with E-state index in [2.05, 4.69) is 19.7 Å². The summed E-state index contributed by atoms with van der Waals surface area (Å²) >= 11 is 6.54. The molecule has 0 spiro atoms. The molecule has 0 saturated heterocycles. The van der Waals surface area contributed by atoms with Gasteiger partial charge in [-0.1, -0.05) is 11.6 Å². The molecular weight excluding hydrogens is 495 g/mol. The van der Waals surface area contributed by atoms with Crippen molar-refractivity contribution in [3.63, 3.8) is 0 Å². The Bertz CT molecular complexity index is 1260. The first-order valence-corrected chi connectivity index (χ1v) is 11.0. The summed E-state index contributed by atoms with van der Waals surface area (Å²) in [5, 5.41) is 8.14. The van der Waals surface area contributed by atoms with Gasteiger partial charge in [0, 0.05) is 10.6 Å². The van der Waals surface area contributed by atoms with Crippen LogP contribution < -0.4 is 10.2 Å². The molecule has 0 atom stereocenters. The van der Waals surface area contributed by atoms with Crippen LogP contribution in [-0.4, -0.2) is 34.5 Å². The van der Waals surface area contributed by atoms with E-state index in [1.165, 1.54) is 29.7 Å². The van der Waals surface area contributed by atoms with Crippen LogP contribution in [0, 0.1) is 0 Å². The molecule has 1 amide bonds. The Kier molecular flexibility index (Phi) is 6.88. The number of anilines is 1. The third kappa shape index (κ3) is 5.64. The molecule has 32 heavy (non-hydrogen) atoms. The lowest BCUT2D eigenvalue weighted by molar-refractivity contribution is -0.137. The smallest absolute Gasteiger partial charge is 0.288 e. The summed E-state index contributed by atoms with van der Waals surface area (Å²) in [7, 11) is -4.32. The number of nitrogens with one attached hydrogen (secondary N) is 2. The van der Waals surface area contributed by atoms with E-state index in [1.54, 1.807) is 0 Å². The molecule has 168 valence electrons. The van der Waals surface area contributed by atoms with E-state index in [9.17, 15) is 26.4 Å². The molecule has 15 heteroatoms. The maximum absolute atomic E-state index is 13.0. The van der Waals surface area contributed by atoms with Crippen molar-refractivity contribution in [1.29, 1.82) is 0 Å². The molecule has 3 N–H and O–H groups in total. The monoisotopic (exact) mass is 505 g/mol. The van der Waals surface area contributed by atoms with Gasteiger partial charge in [-0.25, -0.2) is 23.9 Å². The molecule has 0 aliphatic heterocycles. The first-order chi connectivity index (χ1) is 15.0. The minimum Gasteiger partial charge on any atom is -0.288 e. The number of carbonyl (C=O) groups is 1. The van der Waals surface area contributed by atoms with Crippen LogP contribution in [0.4, 0.5) is 18.9 Å². The van der Waals surface area contributed by atoms with Crippen LogP contribution in [0.3, 0.4) is 0 Å². The van der Waals surface area contributed by atoms with Crippen LogP contribution in [0.2, 0.25) is 5.02 Å². The highest BCUT2D eigenvalue weighted by Gasteiger charge is 2.34. The van der Waals surface area contributed by atoms with Gasteiger partial charge in [-0.05, 0) is 54.2 Å². The van der Waals surface area contributed by atoms with E-state index in [1.807, 2.05) is 0 Å². The molecule has 0 fully saturated rings. The third-order valence-corrected chi connectivity index (χ3v) is 6.32. The van der Waals surface area contributed by atoms with Crippen LogP contribution in [0.5, 0.6) is 0 Å². The Morgan fingerprint density at radius 3 is 2.41 bits per heavy atom. The first kappa shape index (κ1) is 23.7. The van der Waals surface area contributed by atoms with Crippen LogP contribution in [0.15, 0.2) is 63.7 Å². The minimum absolute atomic E-state index is 0.0915. The summed E-state index contributed by atoms with van der Waals surface area (Å²) in [5.74, 6) is -1.23. The zero-order valence-corrected chi connectivity index (χ0v) is 17.8. The average Bonchev–Trinajstić information content (AvgIpc) is 2.74. The van der Waals surface area contributed by atoms with E-state index >= 15 is 0 Å². The summed E-state index contributed by atoms with van der Waals surface area (Å²) in [5.41, 5.74) is 0.222. The van der Waals surface area contributed by atoms with Gasteiger partial charge < -0.3 is 0 Å². The van der Waals surface area contributed by atoms with Crippen LogP contribution in [0.25, 0.3) is 0 Å². The predicted molar refractivity (Wildman–Crippen MR) is 107 cm³/mol. The number of amides is 1. The third-order valence-electron chi connectivity index (χ3n) is 3.72. The second kappa shape index (κ2) is 9.28. The Balaban J connectivity index is 1.77. The van der Waals surface area contributed by atoms with Gasteiger partial charge in [-0.15, -0.1) is 0 Å². The predicted octanol–water partition coefficient (Wildman–Crippen LogP) is 3.61. The second-order valence-corrected chi connectivity index (χ2v) is 9.03. The van der Waals surface area contributed by atoms with E-state index in [0.717, 1.165) is 30.2 Å². The van der Waals surface area contributed by atoms with Crippen molar-refractivity contribution in [2.75, 3.05) is 4.72 Å². The van der Waals surface area contributed by atoms with Gasteiger partial charge in [0.1, 0.15) is 6.33 Å². The number of aromatic nitrogens is 3. The molecule has 2 aromatic carbocycles. The Morgan fingerprint density at radius 1 is 1.09 bits per heavy atom. The molecule has 0 aliphatic carbocycles. The molecule has 0 unspecified atom stereocenters. The van der Waals surface area contributed by atoms with Gasteiger partial charge >= 0.3 is 12.1 Å². The van der Waals surface area contributed by atoms with Crippen molar-refractivity contribution in [2.24, 2.45) is 0 Å². The molecule has 0 aliphatic rings. The first-order valence-electron chi connectivity index (χ1n) is 8.30. The van der Waals surface area contributed by atoms with Crippen molar-refractivity contribution in [2.45, 2.75) is 21.1 Å². The van der Waals surface area contributed by atoms with E-state index < -0.39 is 37.6 Å². The van der Waals surface area contributed by atoms with Crippen LogP contribution in [0.1, 0.15) is 16.2 Å². The summed E-state index contributed by atoms with van der Waals surface area (Å²) < 4.78 is 66.2. The standard InChI is InChI=1S/C17H11ClF3N5O4S2/c18-13-6-5-11(7-12(13)17(19,20)21)32(29,30)26-9-1-3-10(4-2-9)31-16-23-8-22-14(24-16)15(27)25-28/h1-8,26,28H,(H,25,27). The zero-order valence-electron chi connectivity index (χ0n) is 15.5. The number of hydroxylamine groups is 1. The van der Waals surface area contributed by atoms with Gasteiger partial charge in [0.25, 0.3) is 10.0 Å². The highest BCUT2D eigenvalue weighted by atomic mass is 35.5. The van der Waals surface area contributed by atoms with Crippen LogP contribution in [-0.2, 0) is 16.2 Å². The van der Waals surface area contributed by atoms with Gasteiger partial charge in [0.15, 0.2) is 5.16 Å². The zero-order chi connectivity index (χ0) is 23.5. The lowest BCUT2D eigenvalue weighted by atomic mass is 10.2. The molecule has 1 heterocycles. The lowest BCUT2D eigenvalue weighted by Crippen LogP contribution is -2.21. The minimum atomic E-state index is -4.81. The van der Waals surface area contributed by atoms with Crippen molar-refractivity contribution in [3.05, 3.63) is 65.2 Å². The molecule has 0 radical (unpaired) electrons. The number of rotatable bonds is 6. The van der Waals surface area contributed by atoms with Crippen molar-refractivity contribution in [3.8, 4) is 0 Å². The van der Waals surface area contributed by atoms with E-state index in [-0.39, 0.29) is 16.7 Å². The fourth-order valence-corrected chi connectivity index (χ4v) is 4.31. The maximum atomic E-state index is 13.0. The molecule has 9 nitrogen and oxygen atoms in total. The average molecular weight is 506 g/mol. The number of nitrogens with zero attached hydrogens (tertiary/aromatic N) is 3. The molecule has 3 aromatic rings. The molecule has 0 bridgehead atoms. The van der Waals surface area contributed by atoms with Gasteiger partial charge in [-0.2, -0.15) is 18.2 Å². The second-order valence-electron chi connectivity index (χ2n) is 5.90. The molecule has 3 rings (SSSR count). The maximum Gasteiger partial charge on any atom is 0.417 e. The van der Waals surface area contributed by atoms with Crippen LogP contribution >= 0.6 is 23.4 Å². The topological polar surface area (TPSA) is 134 Å². The van der Waals surface area contributed by atoms with Crippen molar-refractivity contribution < 1.29 is 31.6 Å². The summed E-state index contributed by atoms with van der Waals surface area (Å²) in [6.45, 7) is 0. The number of benzene rings is 2. The van der Waals surface area contributed by atoms with Crippen molar-refractivity contribution >= 4 is 45.0 Å². The SMILES string of the molecule is O=C(NO)c1ncnc(Sc2ccc(NS(=O)(=O)c3ccc(Cl)c(C(F)(F)F)c3)cc2)n1. The van der Waals surface area contributed by atoms with E-state index in [4.69, 9.17) is 16.8 Å². The number of alkyl halides is 3. The molecule has 0 saturated carbocycles. The highest BCUT2D eigenvalue weighted by Crippen LogP contribution is 2.36. The van der Waals surface area contributed by atoms with E-state index in [0.29, 0.717) is 11.0 Å². The number of hydrogen-bond acceptors (Lipinski definition) is 8. The molecular formula is C17H11ClF3N5O4S2. The number of hydrogen-bond donors (Lipinski definition) is 3. The summed E-state index contributed by atoms with van der Waals surface area (Å²) in [4.78, 5) is 22.6. The quantitative estimate of drug-likeness (QED) is 0.341. The number of halogens is 4. The molecule has 1 aromatic heterocycles. The Labute approximate surface area is 188 Å². The number of sulfonamides is 1. The fraction of sp³-hybridized carbons (Fsp3) is 0.0588. The van der Waals surface area contributed by atoms with Crippen molar-refractivity contribution in [1.82, 2.24) is 20.4 Å². The largest absolute Gasteiger partial charge is 0.417 e. The number of carbonyl (C=O) groups excluding carboxylic acids is 1. The van der Waals surface area contributed by atoms with Gasteiger partial charge in [0.2, 0.25) is 5.82 Å². The highest BCUT2D eigenvalue weighted by molar-refractivity contribution is 7.99. The Hall–Kier alpha value is -2.94. The normalized spacial score (nSPS) is 11.8. The summed E-state index contributed by atoms with van der Waals surface area (Å²) in [6, 6.07) is 8.04. The van der Waals surface area contributed by atoms with Gasteiger partial charge in [0.05, 0.1) is 15.5 Å². The van der Waals surface area contributed by atoms with Gasteiger partial charge in [-0.3, -0.25) is 14.7 Å². The summed E-state index contributed by atoms with van der Waals surface area (Å²) in [6.07, 6.45) is -3.74. The Morgan fingerprint density at radius 2 is 1.78 bits per heavy atom. The fourth-order valence-electron chi connectivity index (χ4n) is 2.29.